The zero-order valence-corrected chi connectivity index (χ0v) is 9.89. The SMILES string of the molecule is C.[3H]C1C=CC(C)CC1CC1C=CC(C)CC1[3H]. The van der Waals surface area contributed by atoms with E-state index in [0.717, 1.165) is 19.3 Å². The Hall–Kier alpha value is -0.520. The minimum Gasteiger partial charge on any atom is -0.0880 e. The number of hydrogen-bond donors (Lipinski definition) is 0. The van der Waals surface area contributed by atoms with E-state index in [0.29, 0.717) is 23.7 Å². The molecule has 0 radical (unpaired) electrons. The van der Waals surface area contributed by atoms with E-state index >= 15 is 0 Å². The summed E-state index contributed by atoms with van der Waals surface area (Å²) >= 11 is 0. The van der Waals surface area contributed by atoms with Crippen LogP contribution in [0.1, 0.15) is 56.1 Å². The van der Waals surface area contributed by atoms with Gasteiger partial charge in [-0.3, -0.25) is 0 Å². The predicted molar refractivity (Wildman–Crippen MR) is 73.4 cm³/mol. The van der Waals surface area contributed by atoms with E-state index in [1.165, 1.54) is 0 Å². The van der Waals surface area contributed by atoms with Gasteiger partial charge in [-0.15, -0.1) is 0 Å². The molecule has 0 saturated heterocycles. The van der Waals surface area contributed by atoms with Crippen LogP contribution in [0.4, 0.5) is 0 Å². The van der Waals surface area contributed by atoms with Crippen LogP contribution in [-0.2, 0) is 0 Å². The standard InChI is InChI=1S/C15H24.CH4/c1-12-6-8-14(9-7-12)11-15-5-3-4-13(2)10-15;/h3-4,6,8,12-15H,5,7,9-11H2,1-2H3;1H4/i5T,9T;. The molecule has 0 nitrogen and oxygen atoms in total. The molecule has 0 spiro atoms. The molecule has 0 aromatic heterocycles. The highest BCUT2D eigenvalue weighted by molar-refractivity contribution is 5.00. The molecule has 6 atom stereocenters. The van der Waals surface area contributed by atoms with Crippen molar-refractivity contribution in [1.82, 2.24) is 0 Å². The maximum atomic E-state index is 8.16. The van der Waals surface area contributed by atoms with Crippen LogP contribution in [0.2, 0.25) is 0 Å². The van der Waals surface area contributed by atoms with Gasteiger partial charge in [-0.2, -0.15) is 0 Å². The molecular weight excluding hydrogens is 192 g/mol. The highest BCUT2D eigenvalue weighted by Gasteiger charge is 2.20. The number of allylic oxidation sites excluding steroid dienone is 4. The van der Waals surface area contributed by atoms with Gasteiger partial charge in [0.05, 0.1) is 0 Å². The van der Waals surface area contributed by atoms with Crippen LogP contribution in [0.3, 0.4) is 0 Å². The van der Waals surface area contributed by atoms with E-state index in [9.17, 15) is 0 Å². The maximum absolute atomic E-state index is 8.16. The zero-order chi connectivity index (χ0) is 12.4. The van der Waals surface area contributed by atoms with Gasteiger partial charge in [-0.25, -0.2) is 0 Å². The average Bonchev–Trinajstić information content (AvgIpc) is 2.27. The minimum absolute atomic E-state index is 0. The van der Waals surface area contributed by atoms with Crippen LogP contribution in [0.15, 0.2) is 24.3 Å². The molecule has 0 aromatic rings. The highest BCUT2D eigenvalue weighted by Crippen LogP contribution is 2.33. The molecule has 2 aliphatic rings. The molecule has 0 aromatic carbocycles. The smallest absolute Gasteiger partial charge is 0.0312 e. The van der Waals surface area contributed by atoms with Crippen LogP contribution in [0.25, 0.3) is 0 Å². The summed E-state index contributed by atoms with van der Waals surface area (Å²) in [6.07, 6.45) is 11.9. The Labute approximate surface area is 105 Å². The molecule has 2 aliphatic carbocycles. The van der Waals surface area contributed by atoms with Crippen LogP contribution in [0.5, 0.6) is 0 Å². The summed E-state index contributed by atoms with van der Waals surface area (Å²) in [5, 5.41) is 0. The quantitative estimate of drug-likeness (QED) is 0.564. The molecule has 2 rings (SSSR count). The Morgan fingerprint density at radius 3 is 2.75 bits per heavy atom. The first-order chi connectivity index (χ1) is 8.06. The molecule has 0 fully saturated rings. The number of rotatable bonds is 2. The van der Waals surface area contributed by atoms with E-state index in [2.05, 4.69) is 32.1 Å². The van der Waals surface area contributed by atoms with Gasteiger partial charge < -0.3 is 0 Å². The fraction of sp³-hybridized carbons (Fsp3) is 0.750. The Morgan fingerprint density at radius 1 is 1.19 bits per heavy atom. The third-order valence-corrected chi connectivity index (χ3v) is 3.57. The van der Waals surface area contributed by atoms with E-state index in [1.807, 2.05) is 6.08 Å². The second-order valence-corrected chi connectivity index (χ2v) is 5.28. The van der Waals surface area contributed by atoms with Crippen molar-refractivity contribution in [2.75, 3.05) is 0 Å². The van der Waals surface area contributed by atoms with Crippen molar-refractivity contribution >= 4 is 0 Å². The fourth-order valence-corrected chi connectivity index (χ4v) is 2.62. The summed E-state index contributed by atoms with van der Waals surface area (Å²) < 4.78 is 16.2. The van der Waals surface area contributed by atoms with Crippen molar-refractivity contribution in [3.8, 4) is 0 Å². The van der Waals surface area contributed by atoms with Gasteiger partial charge >= 0.3 is 0 Å². The van der Waals surface area contributed by atoms with Crippen LogP contribution in [-0.4, -0.2) is 0 Å². The molecule has 16 heavy (non-hydrogen) atoms. The molecule has 92 valence electrons. The maximum Gasteiger partial charge on any atom is 0.0312 e. The third kappa shape index (κ3) is 3.81. The zero-order valence-electron chi connectivity index (χ0n) is 11.9. The van der Waals surface area contributed by atoms with E-state index in [4.69, 9.17) is 2.74 Å². The lowest BCUT2D eigenvalue weighted by atomic mass is 9.78. The summed E-state index contributed by atoms with van der Waals surface area (Å²) in [5.41, 5.74) is 0. The van der Waals surface area contributed by atoms with Crippen molar-refractivity contribution in [3.63, 3.8) is 0 Å². The van der Waals surface area contributed by atoms with E-state index in [1.54, 1.807) is 0 Å². The van der Waals surface area contributed by atoms with Crippen molar-refractivity contribution < 1.29 is 2.74 Å². The lowest BCUT2D eigenvalue weighted by molar-refractivity contribution is 0.325. The van der Waals surface area contributed by atoms with Crippen molar-refractivity contribution in [2.24, 2.45) is 23.7 Å². The Bertz CT molecular complexity index is 308. The summed E-state index contributed by atoms with van der Waals surface area (Å²) in [6, 6.07) is 0. The lowest BCUT2D eigenvalue weighted by Gasteiger charge is -2.27. The van der Waals surface area contributed by atoms with Crippen molar-refractivity contribution in [3.05, 3.63) is 24.3 Å². The summed E-state index contributed by atoms with van der Waals surface area (Å²) in [5.74, 6) is 2.00. The van der Waals surface area contributed by atoms with Crippen LogP contribution in [0, 0.1) is 23.7 Å². The fourth-order valence-electron chi connectivity index (χ4n) is 2.62. The molecule has 6 unspecified atom stereocenters. The monoisotopic (exact) mass is 224 g/mol. The van der Waals surface area contributed by atoms with Gasteiger partial charge in [0, 0.05) is 2.74 Å². The second kappa shape index (κ2) is 6.27. The van der Waals surface area contributed by atoms with Gasteiger partial charge in [0.1, 0.15) is 0 Å². The largest absolute Gasteiger partial charge is 0.0880 e. The van der Waals surface area contributed by atoms with Gasteiger partial charge in [-0.05, 0) is 55.7 Å². The van der Waals surface area contributed by atoms with Crippen LogP contribution >= 0.6 is 0 Å². The Kier molecular flexibility index (Phi) is 4.16. The Balaban J connectivity index is 0.00000162. The molecule has 0 N–H and O–H groups in total. The normalized spacial score (nSPS) is 49.1. The first kappa shape index (κ1) is 10.6. The molecule has 0 amide bonds. The van der Waals surface area contributed by atoms with Gasteiger partial charge in [0.15, 0.2) is 0 Å². The van der Waals surface area contributed by atoms with Crippen molar-refractivity contribution in [1.29, 1.82) is 0 Å². The summed E-state index contributed by atoms with van der Waals surface area (Å²) in [7, 11) is 0. The lowest BCUT2D eigenvalue weighted by Crippen LogP contribution is -2.15. The van der Waals surface area contributed by atoms with Gasteiger partial charge in [-0.1, -0.05) is 45.6 Å². The third-order valence-electron chi connectivity index (χ3n) is 3.57. The number of hydrogen-bond acceptors (Lipinski definition) is 0. The van der Waals surface area contributed by atoms with Gasteiger partial charge in [0.25, 0.3) is 0 Å². The first-order valence-electron chi connectivity index (χ1n) is 7.43. The summed E-state index contributed by atoms with van der Waals surface area (Å²) in [6.45, 7) is 4.42. The van der Waals surface area contributed by atoms with Gasteiger partial charge in [0.2, 0.25) is 0 Å². The molecule has 0 heterocycles. The van der Waals surface area contributed by atoms with E-state index in [-0.39, 0.29) is 20.2 Å². The minimum atomic E-state index is -0.0499. The summed E-state index contributed by atoms with van der Waals surface area (Å²) in [4.78, 5) is 0. The topological polar surface area (TPSA) is 0 Å². The molecule has 0 saturated carbocycles. The molecular formula is C16H28. The van der Waals surface area contributed by atoms with Crippen molar-refractivity contribution in [2.45, 2.75) is 53.3 Å². The molecule has 0 heteroatoms. The van der Waals surface area contributed by atoms with E-state index < -0.39 is 0 Å². The molecule has 0 aliphatic heterocycles. The molecule has 0 bridgehead atoms. The Morgan fingerprint density at radius 2 is 2.00 bits per heavy atom. The second-order valence-electron chi connectivity index (χ2n) is 5.28. The first-order valence-corrected chi connectivity index (χ1v) is 6.27. The van der Waals surface area contributed by atoms with Crippen LogP contribution < -0.4 is 0 Å². The average molecular weight is 224 g/mol. The highest BCUT2D eigenvalue weighted by atomic mass is 14.3. The predicted octanol–water partition coefficient (Wildman–Crippen LogP) is 5.22.